The summed E-state index contributed by atoms with van der Waals surface area (Å²) in [5.41, 5.74) is 6.01. The molecule has 0 bridgehead atoms. The molecule has 21 heavy (non-hydrogen) atoms. The van der Waals surface area contributed by atoms with Crippen molar-refractivity contribution in [3.05, 3.63) is 69.2 Å². The minimum absolute atomic E-state index is 0.203. The van der Waals surface area contributed by atoms with Crippen LogP contribution in [0.15, 0.2) is 42.5 Å². The highest BCUT2D eigenvalue weighted by molar-refractivity contribution is 6.36. The monoisotopic (exact) mass is 341 g/mol. The van der Waals surface area contributed by atoms with Gasteiger partial charge in [-0.3, -0.25) is 9.59 Å². The molecule has 0 saturated heterocycles. The molecule has 1 atom stereocenters. The topological polar surface area (TPSA) is 60.2 Å². The molecule has 6 heteroatoms. The summed E-state index contributed by atoms with van der Waals surface area (Å²) in [6, 6.07) is 11.1. The molecule has 3 nitrogen and oxygen atoms in total. The number of primary amides is 1. The Kier molecular flexibility index (Phi) is 4.88. The summed E-state index contributed by atoms with van der Waals surface area (Å²) < 4.78 is 0. The van der Waals surface area contributed by atoms with Crippen molar-refractivity contribution in [1.29, 1.82) is 0 Å². The molecule has 2 aromatic rings. The summed E-state index contributed by atoms with van der Waals surface area (Å²) in [6.07, 6.45) is 0. The normalized spacial score (nSPS) is 12.0. The molecule has 2 N–H and O–H groups in total. The molecular weight excluding hydrogens is 333 g/mol. The Balaban J connectivity index is 2.57. The number of hydrogen-bond acceptors (Lipinski definition) is 2. The van der Waals surface area contributed by atoms with Crippen molar-refractivity contribution in [1.82, 2.24) is 0 Å². The molecule has 0 aliphatic carbocycles. The molecule has 0 spiro atoms. The number of benzene rings is 2. The summed E-state index contributed by atoms with van der Waals surface area (Å²) in [5, 5.41) is -0.468. The van der Waals surface area contributed by atoms with Crippen molar-refractivity contribution in [2.24, 2.45) is 5.73 Å². The second-order valence-electron chi connectivity index (χ2n) is 4.31. The minimum Gasteiger partial charge on any atom is -0.368 e. The highest BCUT2D eigenvalue weighted by Gasteiger charge is 2.23. The van der Waals surface area contributed by atoms with E-state index < -0.39 is 11.3 Å². The van der Waals surface area contributed by atoms with E-state index in [1.165, 1.54) is 12.1 Å². The maximum absolute atomic E-state index is 12.6. The maximum atomic E-state index is 12.6. The van der Waals surface area contributed by atoms with Gasteiger partial charge >= 0.3 is 0 Å². The first-order valence-corrected chi connectivity index (χ1v) is 7.13. The summed E-state index contributed by atoms with van der Waals surface area (Å²) in [4.78, 5) is 23.9. The molecule has 2 rings (SSSR count). The molecule has 0 aliphatic heterocycles. The third kappa shape index (κ3) is 3.38. The first kappa shape index (κ1) is 15.8. The molecule has 1 amide bonds. The number of ketones is 1. The van der Waals surface area contributed by atoms with Crippen LogP contribution in [0.2, 0.25) is 10.0 Å². The van der Waals surface area contributed by atoms with E-state index in [1.54, 1.807) is 30.3 Å². The van der Waals surface area contributed by atoms with E-state index in [2.05, 4.69) is 0 Å². The van der Waals surface area contributed by atoms with Gasteiger partial charge in [-0.15, -0.1) is 11.6 Å². The molecule has 0 heterocycles. The Labute approximate surface area is 136 Å². The molecule has 1 unspecified atom stereocenters. The van der Waals surface area contributed by atoms with Crippen LogP contribution in [0.3, 0.4) is 0 Å². The fourth-order valence-corrected chi connectivity index (χ4v) is 2.47. The largest absolute Gasteiger partial charge is 0.368 e. The van der Waals surface area contributed by atoms with Gasteiger partial charge in [-0.1, -0.05) is 41.4 Å². The van der Waals surface area contributed by atoms with Crippen molar-refractivity contribution < 1.29 is 9.59 Å². The SMILES string of the molecule is NC(=O)C(Cl)c1ccc(Cl)cc1C(=O)c1ccccc1Cl. The molecule has 0 fully saturated rings. The molecular formula is C15H10Cl3NO2. The average Bonchev–Trinajstić information content (AvgIpc) is 2.46. The van der Waals surface area contributed by atoms with Gasteiger partial charge in [0.2, 0.25) is 5.91 Å². The van der Waals surface area contributed by atoms with Crippen LogP contribution in [0.1, 0.15) is 26.9 Å². The molecule has 0 aromatic heterocycles. The van der Waals surface area contributed by atoms with E-state index in [0.29, 0.717) is 21.2 Å². The lowest BCUT2D eigenvalue weighted by Crippen LogP contribution is -2.19. The van der Waals surface area contributed by atoms with Gasteiger partial charge in [-0.2, -0.15) is 0 Å². The number of rotatable bonds is 4. The van der Waals surface area contributed by atoms with Crippen LogP contribution in [0.4, 0.5) is 0 Å². The van der Waals surface area contributed by atoms with Crippen LogP contribution in [-0.4, -0.2) is 11.7 Å². The Morgan fingerprint density at radius 2 is 1.67 bits per heavy atom. The predicted octanol–water partition coefficient (Wildman–Crippen LogP) is 3.99. The summed E-state index contributed by atoms with van der Waals surface area (Å²) >= 11 is 17.9. The molecule has 0 radical (unpaired) electrons. The minimum atomic E-state index is -1.12. The van der Waals surface area contributed by atoms with Gasteiger partial charge in [-0.25, -0.2) is 0 Å². The van der Waals surface area contributed by atoms with Gasteiger partial charge in [-0.05, 0) is 29.8 Å². The lowest BCUT2D eigenvalue weighted by molar-refractivity contribution is -0.117. The summed E-state index contributed by atoms with van der Waals surface area (Å²) in [7, 11) is 0. The van der Waals surface area contributed by atoms with Gasteiger partial charge in [0.15, 0.2) is 5.78 Å². The van der Waals surface area contributed by atoms with Gasteiger partial charge in [0.05, 0.1) is 5.02 Å². The van der Waals surface area contributed by atoms with Crippen LogP contribution in [-0.2, 0) is 4.79 Å². The van der Waals surface area contributed by atoms with E-state index in [1.807, 2.05) is 0 Å². The van der Waals surface area contributed by atoms with Crippen LogP contribution in [0.25, 0.3) is 0 Å². The highest BCUT2D eigenvalue weighted by Crippen LogP contribution is 2.29. The van der Waals surface area contributed by atoms with Crippen molar-refractivity contribution in [3.63, 3.8) is 0 Å². The number of amides is 1. The average molecular weight is 343 g/mol. The Hall–Kier alpha value is -1.55. The third-order valence-corrected chi connectivity index (χ3v) is 3.92. The van der Waals surface area contributed by atoms with Crippen LogP contribution < -0.4 is 5.73 Å². The number of carbonyl (C=O) groups excluding carboxylic acids is 2. The molecule has 108 valence electrons. The zero-order chi connectivity index (χ0) is 15.6. The van der Waals surface area contributed by atoms with Gasteiger partial charge in [0.1, 0.15) is 5.38 Å². The number of halogens is 3. The quantitative estimate of drug-likeness (QED) is 0.674. The summed E-state index contributed by atoms with van der Waals surface area (Å²) in [5.74, 6) is -1.11. The van der Waals surface area contributed by atoms with Crippen molar-refractivity contribution in [2.45, 2.75) is 5.38 Å². The number of carbonyl (C=O) groups is 2. The summed E-state index contributed by atoms with van der Waals surface area (Å²) in [6.45, 7) is 0. The predicted molar refractivity (Wildman–Crippen MR) is 84.1 cm³/mol. The first-order valence-electron chi connectivity index (χ1n) is 5.94. The number of nitrogens with two attached hydrogens (primary N) is 1. The van der Waals surface area contributed by atoms with Crippen LogP contribution in [0.5, 0.6) is 0 Å². The van der Waals surface area contributed by atoms with E-state index >= 15 is 0 Å². The van der Waals surface area contributed by atoms with Crippen molar-refractivity contribution in [3.8, 4) is 0 Å². The standard InChI is InChI=1S/C15H10Cl3NO2/c16-8-5-6-9(13(18)15(19)21)11(7-8)14(20)10-3-1-2-4-12(10)17/h1-7,13H,(H2,19,21). The van der Waals surface area contributed by atoms with E-state index in [-0.39, 0.29) is 11.3 Å². The van der Waals surface area contributed by atoms with Crippen molar-refractivity contribution in [2.75, 3.05) is 0 Å². The van der Waals surface area contributed by atoms with Gasteiger partial charge < -0.3 is 5.73 Å². The lowest BCUT2D eigenvalue weighted by atomic mass is 9.96. The second-order valence-corrected chi connectivity index (χ2v) is 5.59. The van der Waals surface area contributed by atoms with Gasteiger partial charge in [0.25, 0.3) is 0 Å². The zero-order valence-electron chi connectivity index (χ0n) is 10.6. The van der Waals surface area contributed by atoms with Gasteiger partial charge in [0, 0.05) is 16.1 Å². The number of alkyl halides is 1. The first-order chi connectivity index (χ1) is 9.91. The highest BCUT2D eigenvalue weighted by atomic mass is 35.5. The van der Waals surface area contributed by atoms with E-state index in [0.717, 1.165) is 0 Å². The van der Waals surface area contributed by atoms with E-state index in [9.17, 15) is 9.59 Å². The molecule has 0 aliphatic rings. The zero-order valence-corrected chi connectivity index (χ0v) is 12.9. The van der Waals surface area contributed by atoms with E-state index in [4.69, 9.17) is 40.5 Å². The Morgan fingerprint density at radius 3 is 2.29 bits per heavy atom. The fraction of sp³-hybridized carbons (Fsp3) is 0.0667. The van der Waals surface area contributed by atoms with Crippen molar-refractivity contribution >= 4 is 46.5 Å². The second kappa shape index (κ2) is 6.48. The number of hydrogen-bond donors (Lipinski definition) is 1. The van der Waals surface area contributed by atoms with Crippen LogP contribution >= 0.6 is 34.8 Å². The maximum Gasteiger partial charge on any atom is 0.240 e. The third-order valence-electron chi connectivity index (χ3n) is 2.90. The smallest absolute Gasteiger partial charge is 0.240 e. The lowest BCUT2D eigenvalue weighted by Gasteiger charge is -2.13. The van der Waals surface area contributed by atoms with Crippen LogP contribution in [0, 0.1) is 0 Å². The Bertz CT molecular complexity index is 716. The molecule has 0 saturated carbocycles. The molecule has 2 aromatic carbocycles. The Morgan fingerprint density at radius 1 is 1.00 bits per heavy atom. The fourth-order valence-electron chi connectivity index (χ4n) is 1.89.